The Labute approximate surface area is 282 Å². The molecule has 0 aliphatic rings. The highest BCUT2D eigenvalue weighted by Crippen LogP contribution is 2.10. The SMILES string of the molecule is CC/C=C\C/C=C\C/C=C\C/C=C\CCCCCCC(=O)OC[C@H](O)COC(=O)CCCCCCC/C=C\C/C=C\C/C=C\CC. The fourth-order valence-electron chi connectivity index (χ4n) is 4.44. The van der Waals surface area contributed by atoms with Crippen molar-refractivity contribution in [2.45, 2.75) is 148 Å². The van der Waals surface area contributed by atoms with E-state index in [4.69, 9.17) is 9.47 Å². The van der Waals surface area contributed by atoms with E-state index in [1.54, 1.807) is 0 Å². The van der Waals surface area contributed by atoms with Gasteiger partial charge in [-0.25, -0.2) is 0 Å². The first-order valence-corrected chi connectivity index (χ1v) is 18.1. The average molecular weight is 639 g/mol. The molecule has 0 aromatic rings. The third-order valence-corrected chi connectivity index (χ3v) is 7.13. The van der Waals surface area contributed by atoms with Crippen molar-refractivity contribution in [1.82, 2.24) is 0 Å². The van der Waals surface area contributed by atoms with Crippen LogP contribution in [0, 0.1) is 0 Å². The minimum atomic E-state index is -0.986. The predicted octanol–water partition coefficient (Wildman–Crippen LogP) is 11.2. The summed E-state index contributed by atoms with van der Waals surface area (Å²) in [5.41, 5.74) is 0. The number of unbranched alkanes of at least 4 members (excludes halogenated alkanes) is 9. The topological polar surface area (TPSA) is 72.8 Å². The molecular weight excluding hydrogens is 572 g/mol. The van der Waals surface area contributed by atoms with Crippen LogP contribution >= 0.6 is 0 Å². The number of hydrogen-bond donors (Lipinski definition) is 1. The van der Waals surface area contributed by atoms with Gasteiger partial charge in [-0.3, -0.25) is 9.59 Å². The second kappa shape index (κ2) is 36.5. The Morgan fingerprint density at radius 3 is 1.13 bits per heavy atom. The van der Waals surface area contributed by atoms with Crippen molar-refractivity contribution in [2.75, 3.05) is 13.2 Å². The molecule has 0 rings (SSSR count). The fourth-order valence-corrected chi connectivity index (χ4v) is 4.44. The molecule has 5 nitrogen and oxygen atoms in total. The first kappa shape index (κ1) is 43.1. The molecule has 0 aromatic carbocycles. The highest BCUT2D eigenvalue weighted by Gasteiger charge is 2.12. The molecule has 0 aliphatic heterocycles. The molecule has 0 bridgehead atoms. The number of hydrogen-bond acceptors (Lipinski definition) is 5. The summed E-state index contributed by atoms with van der Waals surface area (Å²) >= 11 is 0. The quantitative estimate of drug-likeness (QED) is 0.0465. The van der Waals surface area contributed by atoms with E-state index >= 15 is 0 Å². The summed E-state index contributed by atoms with van der Waals surface area (Å²) in [5.74, 6) is -0.621. The maximum absolute atomic E-state index is 11.9. The van der Waals surface area contributed by atoms with Gasteiger partial charge < -0.3 is 14.6 Å². The van der Waals surface area contributed by atoms with Gasteiger partial charge in [-0.05, 0) is 83.5 Å². The first-order valence-electron chi connectivity index (χ1n) is 18.1. The van der Waals surface area contributed by atoms with Crippen LogP contribution in [0.25, 0.3) is 0 Å². The van der Waals surface area contributed by atoms with Crippen molar-refractivity contribution >= 4 is 11.9 Å². The molecule has 5 heteroatoms. The third-order valence-electron chi connectivity index (χ3n) is 7.13. The van der Waals surface area contributed by atoms with Gasteiger partial charge in [0.25, 0.3) is 0 Å². The number of ether oxygens (including phenoxy) is 2. The maximum atomic E-state index is 11.9. The van der Waals surface area contributed by atoms with Crippen LogP contribution in [0.5, 0.6) is 0 Å². The van der Waals surface area contributed by atoms with E-state index in [1.807, 2.05) is 0 Å². The highest BCUT2D eigenvalue weighted by atomic mass is 16.6. The summed E-state index contributed by atoms with van der Waals surface area (Å²) in [7, 11) is 0. The van der Waals surface area contributed by atoms with Gasteiger partial charge >= 0.3 is 11.9 Å². The number of allylic oxidation sites excluding steroid dienone is 14. The third kappa shape index (κ3) is 35.6. The second-order valence-corrected chi connectivity index (χ2v) is 11.6. The van der Waals surface area contributed by atoms with Crippen LogP contribution in [0.3, 0.4) is 0 Å². The number of aliphatic hydroxyl groups excluding tert-OH is 1. The molecule has 0 spiro atoms. The number of esters is 2. The lowest BCUT2D eigenvalue weighted by Gasteiger charge is -2.12. The van der Waals surface area contributed by atoms with E-state index in [2.05, 4.69) is 98.9 Å². The molecule has 0 amide bonds. The normalized spacial score (nSPS) is 13.2. The zero-order chi connectivity index (χ0) is 33.6. The zero-order valence-electron chi connectivity index (χ0n) is 29.3. The highest BCUT2D eigenvalue weighted by molar-refractivity contribution is 5.69. The molecule has 0 radical (unpaired) electrons. The van der Waals surface area contributed by atoms with Gasteiger partial charge in [-0.2, -0.15) is 0 Å². The summed E-state index contributed by atoms with van der Waals surface area (Å²) in [5, 5.41) is 9.99. The van der Waals surface area contributed by atoms with Crippen molar-refractivity contribution in [3.63, 3.8) is 0 Å². The number of aliphatic hydroxyl groups is 1. The Morgan fingerprint density at radius 1 is 0.457 bits per heavy atom. The molecule has 260 valence electrons. The number of rotatable bonds is 31. The van der Waals surface area contributed by atoms with Gasteiger partial charge in [0.05, 0.1) is 0 Å². The number of carbonyl (C=O) groups is 2. The lowest BCUT2D eigenvalue weighted by atomic mass is 10.1. The lowest BCUT2D eigenvalue weighted by molar-refractivity contribution is -0.152. The summed E-state index contributed by atoms with van der Waals surface area (Å²) in [6.45, 7) is 4.01. The van der Waals surface area contributed by atoms with E-state index in [0.29, 0.717) is 12.8 Å². The second-order valence-electron chi connectivity index (χ2n) is 11.6. The standard InChI is InChI=1S/C41H66O5/c1-3-5-7-9-11-13-15-17-19-20-22-24-26-28-30-32-34-36-41(44)46-38-39(42)37-45-40(43)35-33-31-29-27-25-23-21-18-16-14-12-10-8-6-4-2/h5-8,11-14,17-19,21-22,24,39,42H,3-4,9-10,15-16,20,23,25-38H2,1-2H3/b7-5-,8-6-,13-11-,14-12-,19-17-,21-18-,24-22-/t39-/m1/s1. The lowest BCUT2D eigenvalue weighted by Crippen LogP contribution is -2.25. The smallest absolute Gasteiger partial charge is 0.305 e. The summed E-state index contributed by atoms with van der Waals surface area (Å²) in [6, 6.07) is 0. The molecule has 0 saturated heterocycles. The molecule has 1 N–H and O–H groups in total. The van der Waals surface area contributed by atoms with E-state index in [-0.39, 0.29) is 25.2 Å². The van der Waals surface area contributed by atoms with Gasteiger partial charge in [-0.15, -0.1) is 0 Å². The van der Waals surface area contributed by atoms with Crippen molar-refractivity contribution in [1.29, 1.82) is 0 Å². The van der Waals surface area contributed by atoms with Crippen molar-refractivity contribution < 1.29 is 24.2 Å². The molecule has 0 fully saturated rings. The average Bonchev–Trinajstić information content (AvgIpc) is 3.06. The monoisotopic (exact) mass is 638 g/mol. The van der Waals surface area contributed by atoms with Crippen molar-refractivity contribution in [3.05, 3.63) is 85.1 Å². The van der Waals surface area contributed by atoms with Crippen LogP contribution in [0.2, 0.25) is 0 Å². The van der Waals surface area contributed by atoms with Gasteiger partial charge in [0.1, 0.15) is 19.3 Å². The number of carbonyl (C=O) groups excluding carboxylic acids is 2. The maximum Gasteiger partial charge on any atom is 0.305 e. The van der Waals surface area contributed by atoms with E-state index in [9.17, 15) is 14.7 Å². The molecular formula is C41H66O5. The first-order chi connectivity index (χ1) is 22.6. The molecule has 0 aliphatic carbocycles. The Balaban J connectivity index is 3.56. The van der Waals surface area contributed by atoms with E-state index < -0.39 is 6.10 Å². The van der Waals surface area contributed by atoms with Crippen LogP contribution in [-0.4, -0.2) is 36.4 Å². The summed E-state index contributed by atoms with van der Waals surface area (Å²) < 4.78 is 10.3. The zero-order valence-corrected chi connectivity index (χ0v) is 29.3. The largest absolute Gasteiger partial charge is 0.463 e. The van der Waals surface area contributed by atoms with Crippen LogP contribution in [0.4, 0.5) is 0 Å². The Hall–Kier alpha value is -2.92. The van der Waals surface area contributed by atoms with Gasteiger partial charge in [0, 0.05) is 12.8 Å². The minimum Gasteiger partial charge on any atom is -0.463 e. The predicted molar refractivity (Wildman–Crippen MR) is 196 cm³/mol. The van der Waals surface area contributed by atoms with Gasteiger partial charge in [-0.1, -0.05) is 131 Å². The van der Waals surface area contributed by atoms with E-state index in [1.165, 1.54) is 6.42 Å². The van der Waals surface area contributed by atoms with Crippen LogP contribution in [-0.2, 0) is 19.1 Å². The molecule has 0 heterocycles. The molecule has 1 atom stereocenters. The van der Waals surface area contributed by atoms with Crippen molar-refractivity contribution in [2.24, 2.45) is 0 Å². The minimum absolute atomic E-state index is 0.139. The van der Waals surface area contributed by atoms with Crippen molar-refractivity contribution in [3.8, 4) is 0 Å². The van der Waals surface area contributed by atoms with Crippen LogP contribution in [0.1, 0.15) is 142 Å². The Morgan fingerprint density at radius 2 is 0.761 bits per heavy atom. The van der Waals surface area contributed by atoms with Gasteiger partial charge in [0.15, 0.2) is 0 Å². The van der Waals surface area contributed by atoms with Crippen LogP contribution < -0.4 is 0 Å². The van der Waals surface area contributed by atoms with Gasteiger partial charge in [0.2, 0.25) is 0 Å². The molecule has 0 aromatic heterocycles. The Bertz CT molecular complexity index is 906. The van der Waals surface area contributed by atoms with E-state index in [0.717, 1.165) is 109 Å². The Kier molecular flexibility index (Phi) is 34.2. The summed E-state index contributed by atoms with van der Waals surface area (Å²) in [6.07, 6.45) is 49.1. The molecule has 0 unspecified atom stereocenters. The fraction of sp³-hybridized carbons (Fsp3) is 0.610. The molecule has 46 heavy (non-hydrogen) atoms. The molecule has 0 saturated carbocycles. The van der Waals surface area contributed by atoms with Crippen LogP contribution in [0.15, 0.2) is 85.1 Å². The summed E-state index contributed by atoms with van der Waals surface area (Å²) in [4.78, 5) is 23.9.